The molecule has 1 aliphatic rings. The van der Waals surface area contributed by atoms with Crippen LogP contribution in [0.2, 0.25) is 0 Å². The summed E-state index contributed by atoms with van der Waals surface area (Å²) in [5.41, 5.74) is 2.26. The Balaban J connectivity index is 1.49. The molecule has 0 fully saturated rings. The van der Waals surface area contributed by atoms with E-state index in [1.807, 2.05) is 17.8 Å². The number of aryl methyl sites for hydroxylation is 1. The van der Waals surface area contributed by atoms with E-state index in [9.17, 15) is 13.9 Å². The van der Waals surface area contributed by atoms with Gasteiger partial charge in [0, 0.05) is 39.1 Å². The second-order valence-electron chi connectivity index (χ2n) is 6.54. The molecular formula is C18H19F2N5O. The van der Waals surface area contributed by atoms with E-state index in [0.717, 1.165) is 23.9 Å². The van der Waals surface area contributed by atoms with Gasteiger partial charge in [-0.05, 0) is 23.8 Å². The van der Waals surface area contributed by atoms with Crippen LogP contribution in [0.25, 0.3) is 0 Å². The Kier molecular flexibility index (Phi) is 4.29. The number of rotatable bonds is 4. The van der Waals surface area contributed by atoms with E-state index < -0.39 is 17.7 Å². The molecule has 3 heterocycles. The van der Waals surface area contributed by atoms with Gasteiger partial charge in [0.1, 0.15) is 5.82 Å². The van der Waals surface area contributed by atoms with E-state index in [4.69, 9.17) is 0 Å². The Bertz CT molecular complexity index is 936. The first-order valence-electron chi connectivity index (χ1n) is 8.39. The first-order chi connectivity index (χ1) is 12.5. The van der Waals surface area contributed by atoms with Crippen LogP contribution in [0, 0.1) is 11.6 Å². The molecule has 1 atom stereocenters. The number of aromatic nitrogens is 4. The fraction of sp³-hybridized carbons (Fsp3) is 0.333. The molecule has 0 aliphatic carbocycles. The average molecular weight is 359 g/mol. The largest absolute Gasteiger partial charge is 0.379 e. The summed E-state index contributed by atoms with van der Waals surface area (Å²) in [6.45, 7) is 2.57. The Morgan fingerprint density at radius 1 is 1.19 bits per heavy atom. The van der Waals surface area contributed by atoms with Crippen LogP contribution < -0.4 is 0 Å². The lowest BCUT2D eigenvalue weighted by Gasteiger charge is -2.27. The molecule has 0 radical (unpaired) electrons. The number of benzene rings is 1. The number of imidazole rings is 1. The second kappa shape index (κ2) is 6.62. The Labute approximate surface area is 149 Å². The lowest BCUT2D eigenvalue weighted by Crippen LogP contribution is -2.33. The maximum Gasteiger partial charge on any atom is 0.159 e. The Morgan fingerprint density at radius 3 is 2.77 bits per heavy atom. The van der Waals surface area contributed by atoms with Gasteiger partial charge in [-0.1, -0.05) is 6.07 Å². The number of hydrogen-bond acceptors (Lipinski definition) is 4. The van der Waals surface area contributed by atoms with Crippen molar-refractivity contribution in [3.05, 3.63) is 71.1 Å². The minimum atomic E-state index is -0.882. The van der Waals surface area contributed by atoms with Gasteiger partial charge in [-0.2, -0.15) is 5.10 Å². The summed E-state index contributed by atoms with van der Waals surface area (Å²) in [7, 11) is 1.82. The molecule has 0 saturated heterocycles. The lowest BCUT2D eigenvalue weighted by atomic mass is 10.1. The number of halogens is 2. The highest BCUT2D eigenvalue weighted by Gasteiger charge is 2.24. The summed E-state index contributed by atoms with van der Waals surface area (Å²) < 4.78 is 30.1. The predicted octanol–water partition coefficient (Wildman–Crippen LogP) is 1.99. The molecule has 136 valence electrons. The molecule has 0 spiro atoms. The molecule has 8 heteroatoms. The number of hydrogen-bond donors (Lipinski definition) is 1. The number of nitrogens with zero attached hydrogens (tertiary/aromatic N) is 5. The van der Waals surface area contributed by atoms with E-state index in [0.29, 0.717) is 31.2 Å². The summed E-state index contributed by atoms with van der Waals surface area (Å²) in [4.78, 5) is 6.31. The maximum atomic E-state index is 13.4. The first kappa shape index (κ1) is 16.9. The molecule has 3 aromatic rings. The third-order valence-corrected chi connectivity index (χ3v) is 4.67. The summed E-state index contributed by atoms with van der Waals surface area (Å²) in [5, 5.41) is 15.0. The van der Waals surface area contributed by atoms with Crippen molar-refractivity contribution in [1.82, 2.24) is 24.2 Å². The molecule has 1 unspecified atom stereocenters. The molecular weight excluding hydrogens is 340 g/mol. The van der Waals surface area contributed by atoms with Crippen molar-refractivity contribution >= 4 is 0 Å². The van der Waals surface area contributed by atoms with Gasteiger partial charge in [-0.15, -0.1) is 0 Å². The molecule has 2 aromatic heterocycles. The van der Waals surface area contributed by atoms with Crippen molar-refractivity contribution in [2.45, 2.75) is 25.7 Å². The topological polar surface area (TPSA) is 59.1 Å². The standard InChI is InChI=1S/C18H19F2N5O/c1-23-5-4-21-18(23)17(26)16-9-13-11-24(6-7-25(13)22-16)10-12-2-3-14(19)15(20)8-12/h2-5,8-9,17,26H,6-7,10-11H2,1H3. The van der Waals surface area contributed by atoms with Gasteiger partial charge in [0.05, 0.1) is 17.9 Å². The molecule has 6 nitrogen and oxygen atoms in total. The van der Waals surface area contributed by atoms with Gasteiger partial charge >= 0.3 is 0 Å². The molecule has 0 amide bonds. The Hall–Kier alpha value is -2.58. The Morgan fingerprint density at radius 2 is 2.04 bits per heavy atom. The van der Waals surface area contributed by atoms with Crippen LogP contribution in [0.5, 0.6) is 0 Å². The third kappa shape index (κ3) is 3.13. The van der Waals surface area contributed by atoms with E-state index in [-0.39, 0.29) is 0 Å². The van der Waals surface area contributed by atoms with Crippen LogP contribution in [0.3, 0.4) is 0 Å². The minimum Gasteiger partial charge on any atom is -0.379 e. The maximum absolute atomic E-state index is 13.4. The fourth-order valence-electron chi connectivity index (χ4n) is 3.28. The van der Waals surface area contributed by atoms with Crippen molar-refractivity contribution in [2.24, 2.45) is 7.05 Å². The first-order valence-corrected chi connectivity index (χ1v) is 8.39. The lowest BCUT2D eigenvalue weighted by molar-refractivity contribution is 0.194. The molecule has 4 rings (SSSR count). The normalized spacial score (nSPS) is 15.8. The van der Waals surface area contributed by atoms with Gasteiger partial charge in [0.15, 0.2) is 17.7 Å². The van der Waals surface area contributed by atoms with Crippen molar-refractivity contribution < 1.29 is 13.9 Å². The van der Waals surface area contributed by atoms with Crippen LogP contribution in [-0.4, -0.2) is 35.9 Å². The summed E-state index contributed by atoms with van der Waals surface area (Å²) in [6.07, 6.45) is 2.53. The summed E-state index contributed by atoms with van der Waals surface area (Å²) >= 11 is 0. The van der Waals surface area contributed by atoms with Gasteiger partial charge in [0.25, 0.3) is 0 Å². The molecule has 1 aliphatic heterocycles. The number of fused-ring (bicyclic) bond motifs is 1. The molecule has 0 bridgehead atoms. The molecule has 1 aromatic carbocycles. The van der Waals surface area contributed by atoms with Gasteiger partial charge in [-0.3, -0.25) is 9.58 Å². The third-order valence-electron chi connectivity index (χ3n) is 4.67. The van der Waals surface area contributed by atoms with Crippen LogP contribution in [-0.2, 0) is 26.7 Å². The average Bonchev–Trinajstić information content (AvgIpc) is 3.23. The van der Waals surface area contributed by atoms with Gasteiger partial charge in [-0.25, -0.2) is 13.8 Å². The number of aliphatic hydroxyl groups excluding tert-OH is 1. The fourth-order valence-corrected chi connectivity index (χ4v) is 3.28. The highest BCUT2D eigenvalue weighted by Crippen LogP contribution is 2.23. The minimum absolute atomic E-state index is 0.527. The van der Waals surface area contributed by atoms with Crippen molar-refractivity contribution in [2.75, 3.05) is 6.54 Å². The zero-order valence-corrected chi connectivity index (χ0v) is 14.3. The predicted molar refractivity (Wildman–Crippen MR) is 90.0 cm³/mol. The monoisotopic (exact) mass is 359 g/mol. The number of aliphatic hydroxyl groups is 1. The van der Waals surface area contributed by atoms with Crippen LogP contribution >= 0.6 is 0 Å². The van der Waals surface area contributed by atoms with E-state index in [2.05, 4.69) is 15.0 Å². The van der Waals surface area contributed by atoms with Crippen LogP contribution in [0.1, 0.15) is 28.9 Å². The zero-order valence-electron chi connectivity index (χ0n) is 14.3. The summed E-state index contributed by atoms with van der Waals surface area (Å²) in [6, 6.07) is 5.86. The quantitative estimate of drug-likeness (QED) is 0.774. The SMILES string of the molecule is Cn1ccnc1C(O)c1cc2n(n1)CCN(Cc1ccc(F)c(F)c1)C2. The van der Waals surface area contributed by atoms with Gasteiger partial charge in [0.2, 0.25) is 0 Å². The van der Waals surface area contributed by atoms with Crippen molar-refractivity contribution in [1.29, 1.82) is 0 Å². The van der Waals surface area contributed by atoms with Gasteiger partial charge < -0.3 is 9.67 Å². The van der Waals surface area contributed by atoms with Crippen molar-refractivity contribution in [3.8, 4) is 0 Å². The van der Waals surface area contributed by atoms with E-state index in [1.54, 1.807) is 23.0 Å². The van der Waals surface area contributed by atoms with Crippen LogP contribution in [0.15, 0.2) is 36.7 Å². The van der Waals surface area contributed by atoms with Crippen LogP contribution in [0.4, 0.5) is 8.78 Å². The highest BCUT2D eigenvalue weighted by atomic mass is 19.2. The van der Waals surface area contributed by atoms with E-state index in [1.165, 1.54) is 6.07 Å². The second-order valence-corrected chi connectivity index (χ2v) is 6.54. The van der Waals surface area contributed by atoms with E-state index >= 15 is 0 Å². The zero-order chi connectivity index (χ0) is 18.3. The van der Waals surface area contributed by atoms with Crippen molar-refractivity contribution in [3.63, 3.8) is 0 Å². The molecule has 1 N–H and O–H groups in total. The highest BCUT2D eigenvalue weighted by molar-refractivity contribution is 5.21. The molecule has 0 saturated carbocycles. The summed E-state index contributed by atoms with van der Waals surface area (Å²) in [5.74, 6) is -1.12. The smallest absolute Gasteiger partial charge is 0.159 e. The molecule has 26 heavy (non-hydrogen) atoms.